The molecule has 4 nitrogen and oxygen atoms in total. The van der Waals surface area contributed by atoms with E-state index in [4.69, 9.17) is 0 Å². The number of nitrogens with zero attached hydrogens (tertiary/aromatic N) is 3. The van der Waals surface area contributed by atoms with Crippen molar-refractivity contribution in [2.75, 3.05) is 23.8 Å². The average Bonchev–Trinajstić information content (AvgIpc) is 2.35. The van der Waals surface area contributed by atoms with E-state index in [2.05, 4.69) is 34.9 Å². The van der Waals surface area contributed by atoms with Crippen LogP contribution in [0.4, 0.5) is 5.69 Å². The Morgan fingerprint density at radius 2 is 2.17 bits per heavy atom. The minimum Gasteiger partial charge on any atom is -0.373 e. The van der Waals surface area contributed by atoms with Gasteiger partial charge in [-0.15, -0.1) is 0 Å². The molecular weight excluding hydrogens is 294 g/mol. The summed E-state index contributed by atoms with van der Waals surface area (Å²) in [5.41, 5.74) is 0.845. The Labute approximate surface area is 117 Å². The molecule has 0 spiro atoms. The lowest BCUT2D eigenvalue weighted by Crippen LogP contribution is -2.30. The van der Waals surface area contributed by atoms with Crippen molar-refractivity contribution < 1.29 is 0 Å². The van der Waals surface area contributed by atoms with Crippen LogP contribution in [0.15, 0.2) is 17.1 Å². The largest absolute Gasteiger partial charge is 0.373 e. The highest BCUT2D eigenvalue weighted by atomic mass is 79.9. The third kappa shape index (κ3) is 3.83. The zero-order valence-corrected chi connectivity index (χ0v) is 13.1. The van der Waals surface area contributed by atoms with Gasteiger partial charge >= 0.3 is 0 Å². The first kappa shape index (κ1) is 15.2. The third-order valence-electron chi connectivity index (χ3n) is 3.32. The minimum absolute atomic E-state index is 0.0283. The molecule has 5 heteroatoms. The summed E-state index contributed by atoms with van der Waals surface area (Å²) in [5, 5.41) is 5.14. The van der Waals surface area contributed by atoms with Crippen molar-refractivity contribution in [3.63, 3.8) is 0 Å². The van der Waals surface area contributed by atoms with Gasteiger partial charge in [-0.1, -0.05) is 29.8 Å². The lowest BCUT2D eigenvalue weighted by atomic mass is 9.98. The van der Waals surface area contributed by atoms with Crippen molar-refractivity contribution in [2.24, 2.45) is 11.8 Å². The summed E-state index contributed by atoms with van der Waals surface area (Å²) >= 11 is 3.50. The molecular formula is C13H22BrN3O. The van der Waals surface area contributed by atoms with Gasteiger partial charge in [0.05, 0.1) is 11.9 Å². The van der Waals surface area contributed by atoms with Crippen LogP contribution in [0.3, 0.4) is 0 Å². The van der Waals surface area contributed by atoms with Gasteiger partial charge < -0.3 is 4.90 Å². The van der Waals surface area contributed by atoms with Crippen LogP contribution in [0.25, 0.3) is 0 Å². The zero-order valence-electron chi connectivity index (χ0n) is 11.6. The molecule has 0 aromatic carbocycles. The van der Waals surface area contributed by atoms with Crippen molar-refractivity contribution in [3.05, 3.63) is 22.6 Å². The Morgan fingerprint density at radius 1 is 1.50 bits per heavy atom. The van der Waals surface area contributed by atoms with E-state index < -0.39 is 0 Å². The maximum Gasteiger partial charge on any atom is 0.268 e. The molecule has 1 unspecified atom stereocenters. The summed E-state index contributed by atoms with van der Waals surface area (Å²) in [4.78, 5) is 14.0. The quantitative estimate of drug-likeness (QED) is 0.756. The van der Waals surface area contributed by atoms with E-state index in [0.29, 0.717) is 18.4 Å². The standard InChI is InChI=1S/C13H22BrN3O/c1-5-16(4)12-6-13(18)17(15-8-12)9-11(7-14)10(2)3/h6,8,10-11H,5,7,9H2,1-4H3. The van der Waals surface area contributed by atoms with Crippen molar-refractivity contribution in [1.29, 1.82) is 0 Å². The van der Waals surface area contributed by atoms with Gasteiger partial charge in [0.25, 0.3) is 5.56 Å². The predicted octanol–water partition coefficient (Wildman–Crippen LogP) is 2.37. The molecule has 1 aromatic heterocycles. The van der Waals surface area contributed by atoms with Crippen LogP contribution in [-0.4, -0.2) is 28.7 Å². The summed E-state index contributed by atoms with van der Waals surface area (Å²) in [7, 11) is 1.95. The molecule has 102 valence electrons. The zero-order chi connectivity index (χ0) is 13.7. The second kappa shape index (κ2) is 6.92. The number of halogens is 1. The molecule has 0 amide bonds. The Hall–Kier alpha value is -0.840. The minimum atomic E-state index is -0.0283. The van der Waals surface area contributed by atoms with Gasteiger partial charge in [0, 0.05) is 31.5 Å². The van der Waals surface area contributed by atoms with Crippen LogP contribution >= 0.6 is 15.9 Å². The van der Waals surface area contributed by atoms with Crippen LogP contribution in [0.1, 0.15) is 20.8 Å². The van der Waals surface area contributed by atoms with Gasteiger partial charge in [0.2, 0.25) is 0 Å². The van der Waals surface area contributed by atoms with E-state index in [9.17, 15) is 4.79 Å². The molecule has 0 N–H and O–H groups in total. The average molecular weight is 316 g/mol. The first-order chi connectivity index (χ1) is 8.49. The van der Waals surface area contributed by atoms with E-state index >= 15 is 0 Å². The molecule has 1 rings (SSSR count). The molecule has 0 saturated carbocycles. The number of hydrogen-bond acceptors (Lipinski definition) is 3. The van der Waals surface area contributed by atoms with E-state index in [1.807, 2.05) is 18.9 Å². The Kier molecular flexibility index (Phi) is 5.85. The van der Waals surface area contributed by atoms with E-state index in [1.54, 1.807) is 16.9 Å². The number of anilines is 1. The van der Waals surface area contributed by atoms with Crippen LogP contribution in [0.2, 0.25) is 0 Å². The molecule has 0 bridgehead atoms. The van der Waals surface area contributed by atoms with Crippen LogP contribution < -0.4 is 10.5 Å². The van der Waals surface area contributed by atoms with Crippen LogP contribution in [0, 0.1) is 11.8 Å². The fourth-order valence-electron chi connectivity index (χ4n) is 1.61. The summed E-state index contributed by atoms with van der Waals surface area (Å²) < 4.78 is 1.55. The molecule has 0 saturated heterocycles. The third-order valence-corrected chi connectivity index (χ3v) is 4.15. The Bertz CT molecular complexity index is 430. The number of hydrogen-bond donors (Lipinski definition) is 0. The second-order valence-electron chi connectivity index (χ2n) is 4.91. The first-order valence-electron chi connectivity index (χ1n) is 6.33. The highest BCUT2D eigenvalue weighted by molar-refractivity contribution is 9.09. The van der Waals surface area contributed by atoms with E-state index in [1.165, 1.54) is 0 Å². The van der Waals surface area contributed by atoms with E-state index in [-0.39, 0.29) is 5.56 Å². The van der Waals surface area contributed by atoms with Gasteiger partial charge in [-0.05, 0) is 18.8 Å². The second-order valence-corrected chi connectivity index (χ2v) is 5.55. The van der Waals surface area contributed by atoms with Gasteiger partial charge in [-0.2, -0.15) is 5.10 Å². The summed E-state index contributed by atoms with van der Waals surface area (Å²) in [6, 6.07) is 1.65. The van der Waals surface area contributed by atoms with Gasteiger partial charge in [-0.3, -0.25) is 4.79 Å². The summed E-state index contributed by atoms with van der Waals surface area (Å²) in [6.45, 7) is 7.90. The van der Waals surface area contributed by atoms with Crippen molar-refractivity contribution in [1.82, 2.24) is 9.78 Å². The van der Waals surface area contributed by atoms with Crippen molar-refractivity contribution in [2.45, 2.75) is 27.3 Å². The molecule has 0 aliphatic rings. The molecule has 1 atom stereocenters. The first-order valence-corrected chi connectivity index (χ1v) is 7.46. The van der Waals surface area contributed by atoms with E-state index in [0.717, 1.165) is 17.6 Å². The fourth-order valence-corrected chi connectivity index (χ4v) is 2.56. The lowest BCUT2D eigenvalue weighted by molar-refractivity contribution is 0.348. The summed E-state index contributed by atoms with van der Waals surface area (Å²) in [5.74, 6) is 0.945. The molecule has 0 fully saturated rings. The predicted molar refractivity (Wildman–Crippen MR) is 79.6 cm³/mol. The number of aromatic nitrogens is 2. The molecule has 1 aromatic rings. The smallest absolute Gasteiger partial charge is 0.268 e. The van der Waals surface area contributed by atoms with Crippen LogP contribution in [-0.2, 0) is 6.54 Å². The van der Waals surface area contributed by atoms with Gasteiger partial charge in [0.1, 0.15) is 0 Å². The van der Waals surface area contributed by atoms with Gasteiger partial charge in [-0.25, -0.2) is 4.68 Å². The number of rotatable bonds is 6. The summed E-state index contributed by atoms with van der Waals surface area (Å²) in [6.07, 6.45) is 1.76. The van der Waals surface area contributed by atoms with Crippen molar-refractivity contribution >= 4 is 21.6 Å². The molecule has 0 aliphatic carbocycles. The number of alkyl halides is 1. The van der Waals surface area contributed by atoms with Crippen LogP contribution in [0.5, 0.6) is 0 Å². The Balaban J connectivity index is 2.89. The molecule has 18 heavy (non-hydrogen) atoms. The molecule has 1 heterocycles. The maximum atomic E-state index is 12.0. The maximum absolute atomic E-state index is 12.0. The fraction of sp³-hybridized carbons (Fsp3) is 0.692. The topological polar surface area (TPSA) is 38.1 Å². The molecule has 0 radical (unpaired) electrons. The lowest BCUT2D eigenvalue weighted by Gasteiger charge is -2.20. The van der Waals surface area contributed by atoms with Gasteiger partial charge in [0.15, 0.2) is 0 Å². The monoisotopic (exact) mass is 315 g/mol. The highest BCUT2D eigenvalue weighted by Gasteiger charge is 2.14. The SMILES string of the molecule is CCN(C)c1cnn(CC(CBr)C(C)C)c(=O)c1. The highest BCUT2D eigenvalue weighted by Crippen LogP contribution is 2.15. The normalized spacial score (nSPS) is 12.8. The van der Waals surface area contributed by atoms with Crippen molar-refractivity contribution in [3.8, 4) is 0 Å². The Morgan fingerprint density at radius 3 is 2.61 bits per heavy atom. The molecule has 0 aliphatic heterocycles.